The Kier molecular flexibility index (Phi) is 6.52. The highest BCUT2D eigenvalue weighted by Crippen LogP contribution is 2.34. The number of amides is 1. The van der Waals surface area contributed by atoms with E-state index < -0.39 is 20.7 Å². The molecule has 134 valence electrons. The zero-order valence-electron chi connectivity index (χ0n) is 13.8. The van der Waals surface area contributed by atoms with Gasteiger partial charge < -0.3 is 10.1 Å². The highest BCUT2D eigenvalue weighted by Gasteiger charge is 2.40. The standard InChI is InChI=1S/C17H24ClNO4S/c1-17(13-24(18,21)22,15-10-6-3-7-11-15)19-16(20)23-12-14-8-4-2-5-9-14/h2,4-5,8-9,15H,3,6-7,10-13H2,1H3,(H,19,20). The fourth-order valence-corrected chi connectivity index (χ4v) is 5.05. The molecule has 0 spiro atoms. The number of ether oxygens (including phenoxy) is 1. The quantitative estimate of drug-likeness (QED) is 0.769. The van der Waals surface area contributed by atoms with Gasteiger partial charge in [-0.15, -0.1) is 0 Å². The van der Waals surface area contributed by atoms with E-state index in [1.165, 1.54) is 0 Å². The molecule has 1 atom stereocenters. The largest absolute Gasteiger partial charge is 0.445 e. The first-order valence-corrected chi connectivity index (χ1v) is 10.7. The zero-order valence-corrected chi connectivity index (χ0v) is 15.4. The summed E-state index contributed by atoms with van der Waals surface area (Å²) in [7, 11) is 1.73. The molecule has 1 amide bonds. The third-order valence-electron chi connectivity index (χ3n) is 4.58. The average Bonchev–Trinajstić information content (AvgIpc) is 2.53. The third kappa shape index (κ3) is 5.98. The Morgan fingerprint density at radius 1 is 1.25 bits per heavy atom. The summed E-state index contributed by atoms with van der Waals surface area (Å²) in [4.78, 5) is 12.2. The number of alkyl carbamates (subject to hydrolysis) is 1. The Morgan fingerprint density at radius 2 is 1.88 bits per heavy atom. The fourth-order valence-electron chi connectivity index (χ4n) is 3.35. The van der Waals surface area contributed by atoms with Gasteiger partial charge in [-0.25, -0.2) is 13.2 Å². The van der Waals surface area contributed by atoms with Gasteiger partial charge in [0.2, 0.25) is 9.05 Å². The molecule has 1 N–H and O–H groups in total. The molecule has 0 bridgehead atoms. The van der Waals surface area contributed by atoms with Crippen molar-refractivity contribution in [1.29, 1.82) is 0 Å². The van der Waals surface area contributed by atoms with Crippen LogP contribution in [-0.2, 0) is 20.4 Å². The Morgan fingerprint density at radius 3 is 2.46 bits per heavy atom. The zero-order chi connectivity index (χ0) is 17.6. The average molecular weight is 374 g/mol. The smallest absolute Gasteiger partial charge is 0.407 e. The number of nitrogens with one attached hydrogen (secondary N) is 1. The lowest BCUT2D eigenvalue weighted by Gasteiger charge is -2.39. The molecule has 0 heterocycles. The van der Waals surface area contributed by atoms with E-state index in [9.17, 15) is 13.2 Å². The lowest BCUT2D eigenvalue weighted by atomic mass is 9.76. The van der Waals surface area contributed by atoms with Crippen LogP contribution in [0.1, 0.15) is 44.6 Å². The first-order valence-electron chi connectivity index (χ1n) is 8.20. The van der Waals surface area contributed by atoms with Gasteiger partial charge in [0, 0.05) is 10.7 Å². The van der Waals surface area contributed by atoms with Crippen LogP contribution in [0.3, 0.4) is 0 Å². The van der Waals surface area contributed by atoms with E-state index in [4.69, 9.17) is 15.4 Å². The Balaban J connectivity index is 2.02. The van der Waals surface area contributed by atoms with Crippen LogP contribution in [0.2, 0.25) is 0 Å². The normalized spacial score (nSPS) is 18.6. The van der Waals surface area contributed by atoms with Crippen molar-refractivity contribution in [3.63, 3.8) is 0 Å². The Hall–Kier alpha value is -1.27. The minimum Gasteiger partial charge on any atom is -0.445 e. The number of carbonyl (C=O) groups excluding carboxylic acids is 1. The maximum atomic E-state index is 12.2. The third-order valence-corrected chi connectivity index (χ3v) is 5.85. The van der Waals surface area contributed by atoms with Gasteiger partial charge in [0.15, 0.2) is 0 Å². The highest BCUT2D eigenvalue weighted by atomic mass is 35.7. The Labute approximate surface area is 148 Å². The summed E-state index contributed by atoms with van der Waals surface area (Å²) in [6.45, 7) is 1.88. The van der Waals surface area contributed by atoms with Crippen LogP contribution in [0.4, 0.5) is 4.79 Å². The van der Waals surface area contributed by atoms with Crippen molar-refractivity contribution >= 4 is 25.8 Å². The number of benzene rings is 1. The predicted octanol–water partition coefficient (Wildman–Crippen LogP) is 3.82. The van der Waals surface area contributed by atoms with Gasteiger partial charge in [0.1, 0.15) is 6.61 Å². The number of hydrogen-bond acceptors (Lipinski definition) is 4. The summed E-state index contributed by atoms with van der Waals surface area (Å²) in [5.74, 6) is -0.226. The number of halogens is 1. The Bertz CT molecular complexity index is 644. The van der Waals surface area contributed by atoms with Crippen LogP contribution in [-0.4, -0.2) is 25.8 Å². The molecule has 7 heteroatoms. The second kappa shape index (κ2) is 8.21. The maximum absolute atomic E-state index is 12.2. The van der Waals surface area contributed by atoms with Gasteiger partial charge in [-0.1, -0.05) is 49.6 Å². The SMILES string of the molecule is CC(CS(=O)(=O)Cl)(NC(=O)OCc1ccccc1)C1CCCCC1. The van der Waals surface area contributed by atoms with Crippen molar-refractivity contribution in [1.82, 2.24) is 5.32 Å². The van der Waals surface area contributed by atoms with Crippen LogP contribution in [0.5, 0.6) is 0 Å². The summed E-state index contributed by atoms with van der Waals surface area (Å²) in [6, 6.07) is 9.33. The van der Waals surface area contributed by atoms with Crippen LogP contribution < -0.4 is 5.32 Å². The number of carbonyl (C=O) groups is 1. The molecule has 2 rings (SSSR count). The molecule has 1 aliphatic rings. The highest BCUT2D eigenvalue weighted by molar-refractivity contribution is 8.13. The van der Waals surface area contributed by atoms with Gasteiger partial charge in [-0.05, 0) is 31.2 Å². The molecule has 1 unspecified atom stereocenters. The van der Waals surface area contributed by atoms with Crippen molar-refractivity contribution in [3.05, 3.63) is 35.9 Å². The van der Waals surface area contributed by atoms with E-state index in [0.29, 0.717) is 0 Å². The second-order valence-corrected chi connectivity index (χ2v) is 9.40. The van der Waals surface area contributed by atoms with Crippen molar-refractivity contribution in [3.8, 4) is 0 Å². The van der Waals surface area contributed by atoms with Gasteiger partial charge in [0.05, 0.1) is 11.3 Å². The number of hydrogen-bond donors (Lipinski definition) is 1. The molecule has 5 nitrogen and oxygen atoms in total. The van der Waals surface area contributed by atoms with Crippen molar-refractivity contribution in [2.45, 2.75) is 51.2 Å². The topological polar surface area (TPSA) is 72.5 Å². The van der Waals surface area contributed by atoms with Gasteiger partial charge in [-0.3, -0.25) is 0 Å². The molecule has 1 fully saturated rings. The first kappa shape index (κ1) is 19.1. The number of rotatable bonds is 6. The summed E-state index contributed by atoms with van der Waals surface area (Å²) < 4.78 is 28.5. The second-order valence-electron chi connectivity index (χ2n) is 6.62. The van der Waals surface area contributed by atoms with E-state index in [0.717, 1.165) is 37.7 Å². The summed E-state index contributed by atoms with van der Waals surface area (Å²) in [5, 5.41) is 2.77. The van der Waals surface area contributed by atoms with E-state index >= 15 is 0 Å². The summed E-state index contributed by atoms with van der Waals surface area (Å²) in [6.07, 6.45) is 4.34. The molecule has 0 radical (unpaired) electrons. The van der Waals surface area contributed by atoms with Gasteiger partial charge in [0.25, 0.3) is 0 Å². The molecule has 1 aromatic rings. The summed E-state index contributed by atoms with van der Waals surface area (Å²) >= 11 is 0. The molecule has 0 aliphatic heterocycles. The molecular formula is C17H24ClNO4S. The van der Waals surface area contributed by atoms with Gasteiger partial charge in [-0.2, -0.15) is 0 Å². The lowest BCUT2D eigenvalue weighted by molar-refractivity contribution is 0.114. The van der Waals surface area contributed by atoms with Crippen LogP contribution in [0, 0.1) is 5.92 Å². The molecule has 24 heavy (non-hydrogen) atoms. The van der Waals surface area contributed by atoms with E-state index in [2.05, 4.69) is 5.32 Å². The van der Waals surface area contributed by atoms with E-state index in [-0.39, 0.29) is 18.3 Å². The van der Waals surface area contributed by atoms with Crippen LogP contribution in [0.25, 0.3) is 0 Å². The first-order chi connectivity index (χ1) is 11.3. The minimum absolute atomic E-state index is 0.0732. The minimum atomic E-state index is -3.74. The fraction of sp³-hybridized carbons (Fsp3) is 0.588. The van der Waals surface area contributed by atoms with Crippen molar-refractivity contribution in [2.75, 3.05) is 5.75 Å². The van der Waals surface area contributed by atoms with Crippen LogP contribution in [0.15, 0.2) is 30.3 Å². The van der Waals surface area contributed by atoms with Gasteiger partial charge >= 0.3 is 6.09 Å². The monoisotopic (exact) mass is 373 g/mol. The van der Waals surface area contributed by atoms with Crippen LogP contribution >= 0.6 is 10.7 Å². The summed E-state index contributed by atoms with van der Waals surface area (Å²) in [5.41, 5.74) is -0.0496. The maximum Gasteiger partial charge on any atom is 0.407 e. The predicted molar refractivity (Wildman–Crippen MR) is 94.4 cm³/mol. The van der Waals surface area contributed by atoms with E-state index in [1.54, 1.807) is 6.92 Å². The molecular weight excluding hydrogens is 350 g/mol. The molecule has 0 aromatic heterocycles. The molecule has 1 aliphatic carbocycles. The molecule has 1 saturated carbocycles. The molecule has 1 aromatic carbocycles. The van der Waals surface area contributed by atoms with E-state index in [1.807, 2.05) is 30.3 Å². The lowest BCUT2D eigenvalue weighted by Crippen LogP contribution is -2.55. The van der Waals surface area contributed by atoms with Crippen molar-refractivity contribution < 1.29 is 17.9 Å². The van der Waals surface area contributed by atoms with Crippen molar-refractivity contribution in [2.24, 2.45) is 5.92 Å². The molecule has 0 saturated heterocycles.